The number of hydrogen-bond donors (Lipinski definition) is 2. The largest absolute Gasteiger partial charge is 0.481 e. The van der Waals surface area contributed by atoms with Crippen LogP contribution in [-0.4, -0.2) is 23.0 Å². The number of amides is 1. The molecule has 2 atom stereocenters. The molecule has 0 heterocycles. The van der Waals surface area contributed by atoms with Gasteiger partial charge < -0.3 is 10.4 Å². The van der Waals surface area contributed by atoms with Gasteiger partial charge in [-0.3, -0.25) is 9.59 Å². The van der Waals surface area contributed by atoms with Crippen molar-refractivity contribution < 1.29 is 14.7 Å². The summed E-state index contributed by atoms with van der Waals surface area (Å²) in [5.41, 5.74) is -0.806. The van der Waals surface area contributed by atoms with Crippen LogP contribution in [0.2, 0.25) is 0 Å². The summed E-state index contributed by atoms with van der Waals surface area (Å²) in [6.45, 7) is 5.74. The molecule has 0 saturated heterocycles. The van der Waals surface area contributed by atoms with E-state index in [0.717, 1.165) is 32.1 Å². The first kappa shape index (κ1) is 15.0. The van der Waals surface area contributed by atoms with Crippen molar-refractivity contribution in [3.05, 3.63) is 0 Å². The van der Waals surface area contributed by atoms with Crippen molar-refractivity contribution in [1.82, 2.24) is 5.32 Å². The smallest absolute Gasteiger partial charge is 0.311 e. The number of carboxylic acids is 1. The third kappa shape index (κ3) is 3.03. The summed E-state index contributed by atoms with van der Waals surface area (Å²) < 4.78 is 0. The first-order chi connectivity index (χ1) is 8.45. The number of carbonyl (C=O) groups excluding carboxylic acids is 1. The zero-order valence-electron chi connectivity index (χ0n) is 11.7. The van der Waals surface area contributed by atoms with Crippen LogP contribution in [-0.2, 0) is 9.59 Å². The van der Waals surface area contributed by atoms with Crippen LogP contribution in [0.3, 0.4) is 0 Å². The van der Waals surface area contributed by atoms with Crippen LogP contribution in [0.25, 0.3) is 0 Å². The lowest BCUT2D eigenvalue weighted by molar-refractivity contribution is -0.152. The Bertz CT molecular complexity index is 312. The zero-order chi connectivity index (χ0) is 13.8. The van der Waals surface area contributed by atoms with E-state index in [0.29, 0.717) is 6.42 Å². The highest BCUT2D eigenvalue weighted by Gasteiger charge is 2.44. The number of carbonyl (C=O) groups is 2. The van der Waals surface area contributed by atoms with Gasteiger partial charge in [0.1, 0.15) is 0 Å². The summed E-state index contributed by atoms with van der Waals surface area (Å²) in [6.07, 6.45) is 4.96. The number of carboxylic acid groups (broad SMARTS) is 1. The summed E-state index contributed by atoms with van der Waals surface area (Å²) in [5.74, 6) is -0.776. The van der Waals surface area contributed by atoms with Crippen molar-refractivity contribution in [2.75, 3.05) is 0 Å². The third-order valence-electron chi connectivity index (χ3n) is 4.37. The van der Waals surface area contributed by atoms with E-state index < -0.39 is 11.4 Å². The van der Waals surface area contributed by atoms with Crippen LogP contribution in [0.1, 0.15) is 59.3 Å². The molecular formula is C14H25NO3. The van der Waals surface area contributed by atoms with Gasteiger partial charge in [0, 0.05) is 12.0 Å². The van der Waals surface area contributed by atoms with Gasteiger partial charge in [0.25, 0.3) is 0 Å². The lowest BCUT2D eigenvalue weighted by Crippen LogP contribution is -2.53. The normalized spacial score (nSPS) is 28.1. The van der Waals surface area contributed by atoms with Crippen LogP contribution >= 0.6 is 0 Å². The van der Waals surface area contributed by atoms with Gasteiger partial charge in [-0.2, -0.15) is 0 Å². The maximum atomic E-state index is 12.1. The van der Waals surface area contributed by atoms with Crippen LogP contribution in [0.15, 0.2) is 0 Å². The molecule has 0 aromatic carbocycles. The standard InChI is InChI=1S/C14H25NO3/c1-4-10(5-2)12(16)15-11-8-6-7-9-14(11,3)13(17)18/h10-11H,4-9H2,1-3H3,(H,15,16)(H,17,18). The van der Waals surface area contributed by atoms with E-state index in [9.17, 15) is 14.7 Å². The number of aliphatic carboxylic acids is 1. The van der Waals surface area contributed by atoms with E-state index >= 15 is 0 Å². The topological polar surface area (TPSA) is 66.4 Å². The van der Waals surface area contributed by atoms with Crippen molar-refractivity contribution in [1.29, 1.82) is 0 Å². The van der Waals surface area contributed by atoms with Crippen LogP contribution in [0.5, 0.6) is 0 Å². The average Bonchev–Trinajstić information content (AvgIpc) is 2.33. The molecule has 0 aromatic heterocycles. The van der Waals surface area contributed by atoms with Gasteiger partial charge in [0.15, 0.2) is 0 Å². The van der Waals surface area contributed by atoms with Crippen molar-refractivity contribution in [2.24, 2.45) is 11.3 Å². The van der Waals surface area contributed by atoms with E-state index in [-0.39, 0.29) is 17.9 Å². The van der Waals surface area contributed by atoms with Crippen molar-refractivity contribution in [3.8, 4) is 0 Å². The molecule has 18 heavy (non-hydrogen) atoms. The molecule has 1 rings (SSSR count). The summed E-state index contributed by atoms with van der Waals surface area (Å²) >= 11 is 0. The molecule has 1 aliphatic rings. The molecule has 1 saturated carbocycles. The fourth-order valence-electron chi connectivity index (χ4n) is 2.77. The third-order valence-corrected chi connectivity index (χ3v) is 4.37. The zero-order valence-corrected chi connectivity index (χ0v) is 11.7. The fraction of sp³-hybridized carbons (Fsp3) is 0.857. The number of rotatable bonds is 5. The lowest BCUT2D eigenvalue weighted by atomic mass is 9.71. The molecular weight excluding hydrogens is 230 g/mol. The second-order valence-electron chi connectivity index (χ2n) is 5.54. The van der Waals surface area contributed by atoms with Crippen LogP contribution < -0.4 is 5.32 Å². The Hall–Kier alpha value is -1.06. The second-order valence-corrected chi connectivity index (χ2v) is 5.54. The summed E-state index contributed by atoms with van der Waals surface area (Å²) in [5, 5.41) is 12.4. The minimum Gasteiger partial charge on any atom is -0.481 e. The highest BCUT2D eigenvalue weighted by atomic mass is 16.4. The Morgan fingerprint density at radius 2 is 1.94 bits per heavy atom. The van der Waals surface area contributed by atoms with Gasteiger partial charge in [-0.05, 0) is 32.6 Å². The quantitative estimate of drug-likeness (QED) is 0.793. The van der Waals surface area contributed by atoms with Gasteiger partial charge in [0.2, 0.25) is 5.91 Å². The molecule has 4 heteroatoms. The monoisotopic (exact) mass is 255 g/mol. The number of nitrogens with one attached hydrogen (secondary N) is 1. The highest BCUT2D eigenvalue weighted by Crippen LogP contribution is 2.36. The summed E-state index contributed by atoms with van der Waals surface area (Å²) in [7, 11) is 0. The van der Waals surface area contributed by atoms with E-state index in [1.165, 1.54) is 0 Å². The predicted octanol–water partition coefficient (Wildman–Crippen LogP) is 2.57. The molecule has 1 amide bonds. The second kappa shape index (κ2) is 6.21. The maximum absolute atomic E-state index is 12.1. The van der Waals surface area contributed by atoms with E-state index in [4.69, 9.17) is 0 Å². The summed E-state index contributed by atoms with van der Waals surface area (Å²) in [6, 6.07) is -0.225. The van der Waals surface area contributed by atoms with Crippen molar-refractivity contribution in [2.45, 2.75) is 65.3 Å². The molecule has 1 fully saturated rings. The predicted molar refractivity (Wildman–Crippen MR) is 70.2 cm³/mol. The molecule has 0 aliphatic heterocycles. The van der Waals surface area contributed by atoms with Gasteiger partial charge in [-0.1, -0.05) is 26.7 Å². The van der Waals surface area contributed by atoms with Gasteiger partial charge in [-0.15, -0.1) is 0 Å². The minimum atomic E-state index is -0.806. The van der Waals surface area contributed by atoms with Crippen molar-refractivity contribution in [3.63, 3.8) is 0 Å². The Morgan fingerprint density at radius 3 is 2.44 bits per heavy atom. The Morgan fingerprint density at radius 1 is 1.33 bits per heavy atom. The minimum absolute atomic E-state index is 0.00460. The van der Waals surface area contributed by atoms with Gasteiger partial charge >= 0.3 is 5.97 Å². The average molecular weight is 255 g/mol. The summed E-state index contributed by atoms with van der Waals surface area (Å²) in [4.78, 5) is 23.5. The number of hydrogen-bond acceptors (Lipinski definition) is 2. The first-order valence-corrected chi connectivity index (χ1v) is 6.99. The molecule has 0 spiro atoms. The van der Waals surface area contributed by atoms with E-state index in [1.54, 1.807) is 6.92 Å². The highest BCUT2D eigenvalue weighted by molar-refractivity contribution is 5.81. The lowest BCUT2D eigenvalue weighted by Gasteiger charge is -2.38. The molecule has 2 unspecified atom stereocenters. The van der Waals surface area contributed by atoms with Gasteiger partial charge in [-0.25, -0.2) is 0 Å². The molecule has 0 aromatic rings. The Labute approximate surface area is 109 Å². The SMILES string of the molecule is CCC(CC)C(=O)NC1CCCCC1(C)C(=O)O. The van der Waals surface area contributed by atoms with Crippen LogP contribution in [0.4, 0.5) is 0 Å². The van der Waals surface area contributed by atoms with Crippen molar-refractivity contribution >= 4 is 11.9 Å². The first-order valence-electron chi connectivity index (χ1n) is 6.99. The molecule has 0 radical (unpaired) electrons. The van der Waals surface area contributed by atoms with Crippen LogP contribution in [0, 0.1) is 11.3 Å². The molecule has 0 bridgehead atoms. The Balaban J connectivity index is 2.74. The van der Waals surface area contributed by atoms with Gasteiger partial charge in [0.05, 0.1) is 5.41 Å². The Kier molecular flexibility index (Phi) is 5.17. The maximum Gasteiger partial charge on any atom is 0.311 e. The fourth-order valence-corrected chi connectivity index (χ4v) is 2.77. The van der Waals surface area contributed by atoms with E-state index in [1.807, 2.05) is 13.8 Å². The molecule has 104 valence electrons. The molecule has 1 aliphatic carbocycles. The van der Waals surface area contributed by atoms with E-state index in [2.05, 4.69) is 5.32 Å². The molecule has 2 N–H and O–H groups in total. The molecule has 4 nitrogen and oxygen atoms in total.